The Bertz CT molecular complexity index is 259. The Morgan fingerprint density at radius 2 is 1.87 bits per heavy atom. The lowest BCUT2D eigenvalue weighted by atomic mass is 10.1. The van der Waals surface area contributed by atoms with E-state index in [-0.39, 0.29) is 13.0 Å². The molecular weight excluding hydrogens is 219 g/mol. The highest BCUT2D eigenvalue weighted by Crippen LogP contribution is 2.53. The number of carbonyl (C=O) groups excluding carboxylic acids is 1. The van der Waals surface area contributed by atoms with E-state index in [9.17, 15) is 9.36 Å². The molecule has 1 unspecified atom stereocenters. The smallest absolute Gasteiger partial charge is 0.342 e. The normalized spacial score (nSPS) is 15.8. The zero-order chi connectivity index (χ0) is 12.1. The number of ether oxygens (including phenoxy) is 1. The molecule has 0 bridgehead atoms. The molecule has 2 N–H and O–H groups in total. The van der Waals surface area contributed by atoms with Gasteiger partial charge >= 0.3 is 13.6 Å². The lowest BCUT2D eigenvalue weighted by molar-refractivity contribution is -0.147. The van der Waals surface area contributed by atoms with Crippen LogP contribution in [0.3, 0.4) is 0 Å². The minimum atomic E-state index is -4.48. The van der Waals surface area contributed by atoms with Gasteiger partial charge in [0, 0.05) is 0 Å². The van der Waals surface area contributed by atoms with Gasteiger partial charge < -0.3 is 14.5 Å². The molecule has 1 atom stereocenters. The summed E-state index contributed by atoms with van der Waals surface area (Å²) in [6, 6.07) is 0. The van der Waals surface area contributed by atoms with E-state index in [0.29, 0.717) is 12.8 Å². The van der Waals surface area contributed by atoms with Crippen molar-refractivity contribution in [2.75, 3.05) is 6.61 Å². The van der Waals surface area contributed by atoms with E-state index in [1.54, 1.807) is 6.92 Å². The van der Waals surface area contributed by atoms with E-state index in [4.69, 9.17) is 14.5 Å². The first kappa shape index (κ1) is 14.6. The summed E-state index contributed by atoms with van der Waals surface area (Å²) in [4.78, 5) is 29.8. The molecule has 5 nitrogen and oxygen atoms in total. The van der Waals surface area contributed by atoms with Crippen LogP contribution in [0.5, 0.6) is 0 Å². The van der Waals surface area contributed by atoms with Gasteiger partial charge in [-0.15, -0.1) is 0 Å². The van der Waals surface area contributed by atoms with Crippen LogP contribution < -0.4 is 0 Å². The second-order valence-corrected chi connectivity index (χ2v) is 5.78. The third kappa shape index (κ3) is 3.59. The summed E-state index contributed by atoms with van der Waals surface area (Å²) in [5.74, 6) is -0.806. The Labute approximate surface area is 90.0 Å². The summed E-state index contributed by atoms with van der Waals surface area (Å²) in [7, 11) is -4.48. The number of hydrogen-bond donors (Lipinski definition) is 2. The molecule has 0 heterocycles. The third-order valence-corrected chi connectivity index (χ3v) is 3.95. The molecule has 0 saturated carbocycles. The minimum Gasteiger partial charge on any atom is -0.465 e. The van der Waals surface area contributed by atoms with Crippen LogP contribution in [-0.4, -0.2) is 27.5 Å². The van der Waals surface area contributed by atoms with E-state index in [2.05, 4.69) is 0 Å². The van der Waals surface area contributed by atoms with Crippen LogP contribution in [0, 0.1) is 0 Å². The molecule has 0 aromatic heterocycles. The minimum absolute atomic E-state index is 0.125. The van der Waals surface area contributed by atoms with Crippen molar-refractivity contribution in [3.8, 4) is 0 Å². The van der Waals surface area contributed by atoms with Gasteiger partial charge in [-0.1, -0.05) is 20.3 Å². The summed E-state index contributed by atoms with van der Waals surface area (Å²) in [6.07, 6.45) is 1.28. The summed E-state index contributed by atoms with van der Waals surface area (Å²) in [5, 5.41) is -1.70. The molecule has 6 heteroatoms. The number of hydrogen-bond acceptors (Lipinski definition) is 3. The van der Waals surface area contributed by atoms with Crippen LogP contribution in [0.15, 0.2) is 0 Å². The maximum Gasteiger partial charge on any atom is 0.342 e. The van der Waals surface area contributed by atoms with E-state index in [0.717, 1.165) is 0 Å². The molecule has 0 spiro atoms. The van der Waals surface area contributed by atoms with Crippen LogP contribution in [-0.2, 0) is 14.1 Å². The second-order valence-electron chi connectivity index (χ2n) is 3.70. The molecule has 0 aliphatic carbocycles. The van der Waals surface area contributed by atoms with Gasteiger partial charge in [-0.05, 0) is 19.8 Å². The third-order valence-electron chi connectivity index (χ3n) is 2.26. The van der Waals surface area contributed by atoms with E-state index < -0.39 is 18.7 Å². The average molecular weight is 238 g/mol. The zero-order valence-corrected chi connectivity index (χ0v) is 10.3. The molecule has 0 aromatic rings. The largest absolute Gasteiger partial charge is 0.465 e. The summed E-state index contributed by atoms with van der Waals surface area (Å²) < 4.78 is 16.0. The van der Waals surface area contributed by atoms with Crippen LogP contribution in [0.2, 0.25) is 0 Å². The van der Waals surface area contributed by atoms with Crippen molar-refractivity contribution in [3.05, 3.63) is 0 Å². The van der Waals surface area contributed by atoms with Gasteiger partial charge in [0.25, 0.3) is 0 Å². The van der Waals surface area contributed by atoms with Gasteiger partial charge in [0.1, 0.15) is 0 Å². The lowest BCUT2D eigenvalue weighted by Gasteiger charge is -2.27. The highest BCUT2D eigenvalue weighted by Gasteiger charge is 2.49. The Hall–Kier alpha value is -0.380. The number of carbonyl (C=O) groups is 1. The first-order chi connectivity index (χ1) is 6.79. The van der Waals surface area contributed by atoms with Crippen molar-refractivity contribution >= 4 is 13.6 Å². The van der Waals surface area contributed by atoms with Gasteiger partial charge in [-0.2, -0.15) is 0 Å². The Morgan fingerprint density at radius 3 is 2.20 bits per heavy atom. The summed E-state index contributed by atoms with van der Waals surface area (Å²) in [5.41, 5.74) is 0. The summed E-state index contributed by atoms with van der Waals surface area (Å²) in [6.45, 7) is 5.04. The van der Waals surface area contributed by atoms with Gasteiger partial charge in [0.15, 0.2) is 5.16 Å². The lowest BCUT2D eigenvalue weighted by Crippen LogP contribution is -2.37. The molecule has 0 fully saturated rings. The first-order valence-electron chi connectivity index (χ1n) is 5.02. The molecule has 0 aromatic carbocycles. The molecular formula is C9H19O5P. The first-order valence-corrected chi connectivity index (χ1v) is 6.63. The number of rotatable bonds is 6. The van der Waals surface area contributed by atoms with Crippen LogP contribution >= 0.6 is 7.60 Å². The van der Waals surface area contributed by atoms with Gasteiger partial charge in [0.05, 0.1) is 6.61 Å². The fourth-order valence-electron chi connectivity index (χ4n) is 1.20. The van der Waals surface area contributed by atoms with Gasteiger partial charge in [-0.25, -0.2) is 0 Å². The highest BCUT2D eigenvalue weighted by atomic mass is 31.2. The van der Waals surface area contributed by atoms with Crippen LogP contribution in [0.25, 0.3) is 0 Å². The topological polar surface area (TPSA) is 83.8 Å². The monoisotopic (exact) mass is 238 g/mol. The Kier molecular flexibility index (Phi) is 5.49. The van der Waals surface area contributed by atoms with E-state index >= 15 is 0 Å². The zero-order valence-electron chi connectivity index (χ0n) is 9.39. The number of esters is 1. The second kappa shape index (κ2) is 5.64. The van der Waals surface area contributed by atoms with Gasteiger partial charge in [-0.3, -0.25) is 9.36 Å². The highest BCUT2D eigenvalue weighted by molar-refractivity contribution is 7.54. The molecule has 0 saturated heterocycles. The van der Waals surface area contributed by atoms with Crippen molar-refractivity contribution in [1.29, 1.82) is 0 Å². The van der Waals surface area contributed by atoms with Crippen molar-refractivity contribution in [2.24, 2.45) is 0 Å². The SMILES string of the molecule is CCCOC(=O)C(C)(CCC)P(=O)(O)O. The molecule has 0 amide bonds. The summed E-state index contributed by atoms with van der Waals surface area (Å²) >= 11 is 0. The fraction of sp³-hybridized carbons (Fsp3) is 0.889. The molecule has 0 radical (unpaired) electrons. The molecule has 0 rings (SSSR count). The van der Waals surface area contributed by atoms with Crippen molar-refractivity contribution in [2.45, 2.75) is 45.2 Å². The fourth-order valence-corrected chi connectivity index (χ4v) is 2.02. The predicted molar refractivity (Wildman–Crippen MR) is 56.6 cm³/mol. The van der Waals surface area contributed by atoms with Gasteiger partial charge in [0.2, 0.25) is 0 Å². The maximum absolute atomic E-state index is 11.5. The Morgan fingerprint density at radius 1 is 1.33 bits per heavy atom. The molecule has 0 aliphatic heterocycles. The average Bonchev–Trinajstić information content (AvgIpc) is 2.12. The van der Waals surface area contributed by atoms with E-state index in [1.807, 2.05) is 6.92 Å². The quantitative estimate of drug-likeness (QED) is 0.543. The van der Waals surface area contributed by atoms with Crippen molar-refractivity contribution in [1.82, 2.24) is 0 Å². The molecule has 90 valence electrons. The van der Waals surface area contributed by atoms with Crippen LogP contribution in [0.4, 0.5) is 0 Å². The predicted octanol–water partition coefficient (Wildman–Crippen LogP) is 1.68. The van der Waals surface area contributed by atoms with Crippen molar-refractivity contribution < 1.29 is 23.9 Å². The maximum atomic E-state index is 11.5. The van der Waals surface area contributed by atoms with E-state index in [1.165, 1.54) is 6.92 Å². The van der Waals surface area contributed by atoms with Crippen molar-refractivity contribution in [3.63, 3.8) is 0 Å². The van der Waals surface area contributed by atoms with Crippen LogP contribution in [0.1, 0.15) is 40.0 Å². The molecule has 0 aliphatic rings. The standard InChI is InChI=1S/C9H19O5P/c1-4-6-9(3,15(11,12)13)8(10)14-7-5-2/h4-7H2,1-3H3,(H2,11,12,13). The molecule has 15 heavy (non-hydrogen) atoms. The Balaban J connectivity index is 4.79.